The number of carbonyl (C=O) groups excluding carboxylic acids is 1. The molecule has 1 amide bonds. The molecule has 5 nitrogen and oxygen atoms in total. The highest BCUT2D eigenvalue weighted by molar-refractivity contribution is 5.93. The molecule has 2 aliphatic carbocycles. The van der Waals surface area contributed by atoms with Gasteiger partial charge in [0.15, 0.2) is 0 Å². The molecule has 0 atom stereocenters. The molecule has 0 radical (unpaired) electrons. The van der Waals surface area contributed by atoms with Crippen molar-refractivity contribution in [2.75, 3.05) is 5.32 Å². The normalized spacial score (nSPS) is 20.4. The summed E-state index contributed by atoms with van der Waals surface area (Å²) in [5.41, 5.74) is 0.553. The standard InChI is InChI=1S/C16H24N4O/c21-15(19-13-6-2-1-3-7-13)12-10-17-16(18-11-12)20-14-8-4-5-9-14/h10-11,13-14H,1-9H2,(H,19,21)(H,17,18,20). The Bertz CT molecular complexity index is 462. The molecule has 1 aromatic heterocycles. The Morgan fingerprint density at radius 3 is 2.14 bits per heavy atom. The highest BCUT2D eigenvalue weighted by Gasteiger charge is 2.18. The quantitative estimate of drug-likeness (QED) is 0.894. The van der Waals surface area contributed by atoms with Crippen LogP contribution in [-0.2, 0) is 0 Å². The first-order valence-corrected chi connectivity index (χ1v) is 8.21. The molecule has 1 heterocycles. The lowest BCUT2D eigenvalue weighted by atomic mass is 9.95. The van der Waals surface area contributed by atoms with E-state index in [1.807, 2.05) is 0 Å². The molecule has 5 heteroatoms. The number of nitrogens with zero attached hydrogens (tertiary/aromatic N) is 2. The first-order valence-electron chi connectivity index (χ1n) is 8.21. The Morgan fingerprint density at radius 1 is 0.905 bits per heavy atom. The topological polar surface area (TPSA) is 66.9 Å². The fourth-order valence-electron chi connectivity index (χ4n) is 3.29. The van der Waals surface area contributed by atoms with Crippen molar-refractivity contribution in [1.82, 2.24) is 15.3 Å². The molecular weight excluding hydrogens is 264 g/mol. The van der Waals surface area contributed by atoms with Gasteiger partial charge in [0.1, 0.15) is 0 Å². The maximum absolute atomic E-state index is 12.2. The number of carbonyl (C=O) groups is 1. The first-order chi connectivity index (χ1) is 10.3. The fourth-order valence-corrected chi connectivity index (χ4v) is 3.29. The van der Waals surface area contributed by atoms with Gasteiger partial charge in [0.2, 0.25) is 5.95 Å². The molecule has 2 aliphatic rings. The van der Waals surface area contributed by atoms with Crippen molar-refractivity contribution < 1.29 is 4.79 Å². The molecule has 0 aromatic carbocycles. The van der Waals surface area contributed by atoms with Gasteiger partial charge in [-0.15, -0.1) is 0 Å². The summed E-state index contributed by atoms with van der Waals surface area (Å²) in [6, 6.07) is 0.814. The van der Waals surface area contributed by atoms with Crippen LogP contribution in [0, 0.1) is 0 Å². The summed E-state index contributed by atoms with van der Waals surface area (Å²) in [6.45, 7) is 0. The zero-order valence-corrected chi connectivity index (χ0v) is 12.5. The van der Waals surface area contributed by atoms with E-state index in [0.29, 0.717) is 23.6 Å². The minimum atomic E-state index is -0.0469. The van der Waals surface area contributed by atoms with E-state index in [0.717, 1.165) is 12.8 Å². The highest BCUT2D eigenvalue weighted by atomic mass is 16.1. The molecule has 0 aliphatic heterocycles. The van der Waals surface area contributed by atoms with Gasteiger partial charge in [0.05, 0.1) is 5.56 Å². The van der Waals surface area contributed by atoms with Crippen molar-refractivity contribution in [3.63, 3.8) is 0 Å². The summed E-state index contributed by atoms with van der Waals surface area (Å²) in [5, 5.41) is 6.42. The lowest BCUT2D eigenvalue weighted by molar-refractivity contribution is 0.0927. The molecular formula is C16H24N4O. The van der Waals surface area contributed by atoms with Gasteiger partial charge in [-0.3, -0.25) is 4.79 Å². The van der Waals surface area contributed by atoms with Gasteiger partial charge in [0.25, 0.3) is 5.91 Å². The number of anilines is 1. The van der Waals surface area contributed by atoms with Crippen LogP contribution in [0.4, 0.5) is 5.95 Å². The number of aromatic nitrogens is 2. The molecule has 0 bridgehead atoms. The lowest BCUT2D eigenvalue weighted by Crippen LogP contribution is -2.36. The number of hydrogen-bond acceptors (Lipinski definition) is 4. The van der Waals surface area contributed by atoms with Crippen LogP contribution in [-0.4, -0.2) is 28.0 Å². The zero-order chi connectivity index (χ0) is 14.5. The Balaban J connectivity index is 1.53. The smallest absolute Gasteiger partial charge is 0.254 e. The van der Waals surface area contributed by atoms with E-state index in [1.54, 1.807) is 12.4 Å². The summed E-state index contributed by atoms with van der Waals surface area (Å²) in [5.74, 6) is 0.588. The molecule has 0 unspecified atom stereocenters. The second-order valence-corrected chi connectivity index (χ2v) is 6.23. The largest absolute Gasteiger partial charge is 0.351 e. The second kappa shape index (κ2) is 6.87. The van der Waals surface area contributed by atoms with Crippen molar-refractivity contribution in [1.29, 1.82) is 0 Å². The summed E-state index contributed by atoms with van der Waals surface area (Å²) >= 11 is 0. The number of nitrogens with one attached hydrogen (secondary N) is 2. The van der Waals surface area contributed by atoms with Gasteiger partial charge in [-0.1, -0.05) is 32.1 Å². The van der Waals surface area contributed by atoms with E-state index in [1.165, 1.54) is 44.9 Å². The minimum absolute atomic E-state index is 0.0469. The van der Waals surface area contributed by atoms with E-state index >= 15 is 0 Å². The summed E-state index contributed by atoms with van der Waals surface area (Å²) in [7, 11) is 0. The van der Waals surface area contributed by atoms with Gasteiger partial charge in [0, 0.05) is 24.5 Å². The first kappa shape index (κ1) is 14.3. The van der Waals surface area contributed by atoms with E-state index in [-0.39, 0.29) is 5.91 Å². The number of rotatable bonds is 4. The Labute approximate surface area is 125 Å². The minimum Gasteiger partial charge on any atom is -0.351 e. The van der Waals surface area contributed by atoms with Crippen LogP contribution in [0.25, 0.3) is 0 Å². The predicted octanol–water partition coefficient (Wildman–Crippen LogP) is 2.89. The highest BCUT2D eigenvalue weighted by Crippen LogP contribution is 2.21. The Hall–Kier alpha value is -1.65. The average molecular weight is 288 g/mol. The molecule has 2 N–H and O–H groups in total. The maximum atomic E-state index is 12.2. The molecule has 1 aromatic rings. The van der Waals surface area contributed by atoms with Gasteiger partial charge in [-0.05, 0) is 25.7 Å². The van der Waals surface area contributed by atoms with Gasteiger partial charge >= 0.3 is 0 Å². The van der Waals surface area contributed by atoms with Crippen LogP contribution >= 0.6 is 0 Å². The monoisotopic (exact) mass is 288 g/mol. The molecule has 21 heavy (non-hydrogen) atoms. The summed E-state index contributed by atoms with van der Waals surface area (Å²) in [6.07, 6.45) is 14.1. The van der Waals surface area contributed by atoms with Crippen LogP contribution in [0.3, 0.4) is 0 Å². The molecule has 0 spiro atoms. The third kappa shape index (κ3) is 3.93. The van der Waals surface area contributed by atoms with E-state index in [9.17, 15) is 4.79 Å². The van der Waals surface area contributed by atoms with Crippen molar-refractivity contribution >= 4 is 11.9 Å². The van der Waals surface area contributed by atoms with Crippen molar-refractivity contribution in [3.05, 3.63) is 18.0 Å². The molecule has 3 rings (SSSR count). The third-order valence-corrected chi connectivity index (χ3v) is 4.54. The zero-order valence-electron chi connectivity index (χ0n) is 12.5. The summed E-state index contributed by atoms with van der Waals surface area (Å²) in [4.78, 5) is 20.7. The van der Waals surface area contributed by atoms with E-state index < -0.39 is 0 Å². The van der Waals surface area contributed by atoms with Gasteiger partial charge < -0.3 is 10.6 Å². The van der Waals surface area contributed by atoms with Crippen molar-refractivity contribution in [2.24, 2.45) is 0 Å². The Kier molecular flexibility index (Phi) is 4.68. The van der Waals surface area contributed by atoms with Crippen LogP contribution in [0.5, 0.6) is 0 Å². The van der Waals surface area contributed by atoms with Crippen LogP contribution in [0.1, 0.15) is 68.1 Å². The summed E-state index contributed by atoms with van der Waals surface area (Å²) < 4.78 is 0. The molecule has 2 saturated carbocycles. The molecule has 114 valence electrons. The van der Waals surface area contributed by atoms with E-state index in [4.69, 9.17) is 0 Å². The van der Waals surface area contributed by atoms with Crippen molar-refractivity contribution in [3.8, 4) is 0 Å². The second-order valence-electron chi connectivity index (χ2n) is 6.23. The fraction of sp³-hybridized carbons (Fsp3) is 0.688. The number of hydrogen-bond donors (Lipinski definition) is 2. The van der Waals surface area contributed by atoms with Crippen LogP contribution < -0.4 is 10.6 Å². The Morgan fingerprint density at radius 2 is 1.48 bits per heavy atom. The number of amides is 1. The van der Waals surface area contributed by atoms with Crippen LogP contribution in [0.15, 0.2) is 12.4 Å². The lowest BCUT2D eigenvalue weighted by Gasteiger charge is -2.22. The van der Waals surface area contributed by atoms with Crippen molar-refractivity contribution in [2.45, 2.75) is 69.9 Å². The molecule has 2 fully saturated rings. The maximum Gasteiger partial charge on any atom is 0.254 e. The molecule has 0 saturated heterocycles. The predicted molar refractivity (Wildman–Crippen MR) is 82.2 cm³/mol. The third-order valence-electron chi connectivity index (χ3n) is 4.54. The van der Waals surface area contributed by atoms with Gasteiger partial charge in [-0.25, -0.2) is 9.97 Å². The van der Waals surface area contributed by atoms with E-state index in [2.05, 4.69) is 20.6 Å². The SMILES string of the molecule is O=C(NC1CCCCC1)c1cnc(NC2CCCC2)nc1. The van der Waals surface area contributed by atoms with Crippen LogP contribution in [0.2, 0.25) is 0 Å². The average Bonchev–Trinajstić information content (AvgIpc) is 3.02. The van der Waals surface area contributed by atoms with Gasteiger partial charge in [-0.2, -0.15) is 0 Å².